The van der Waals surface area contributed by atoms with Crippen molar-refractivity contribution < 1.29 is 27.5 Å². The molecule has 2 aliphatic heterocycles. The van der Waals surface area contributed by atoms with Crippen molar-refractivity contribution in [3.63, 3.8) is 0 Å². The molecule has 2 unspecified atom stereocenters. The molecule has 0 bridgehead atoms. The Balaban J connectivity index is 1.50. The molecule has 32 heavy (non-hydrogen) atoms. The van der Waals surface area contributed by atoms with Gasteiger partial charge in [-0.15, -0.1) is 0 Å². The van der Waals surface area contributed by atoms with Crippen LogP contribution in [-0.4, -0.2) is 61.0 Å². The van der Waals surface area contributed by atoms with E-state index in [0.29, 0.717) is 52.2 Å². The zero-order valence-corrected chi connectivity index (χ0v) is 18.3. The average Bonchev–Trinajstić information content (AvgIpc) is 3.34. The third-order valence-electron chi connectivity index (χ3n) is 7.10. The number of hydrogen-bond acceptors (Lipinski definition) is 3. The SMILES string of the molecule is O=C(CC1CC(c2ccc(C(F)(F)F)cc2)CN(C(=O)N2CCOCC2)C1)C1CCCC1. The number of halogens is 3. The number of amides is 2. The van der Waals surface area contributed by atoms with Gasteiger partial charge in [-0.25, -0.2) is 4.79 Å². The Labute approximate surface area is 186 Å². The molecular formula is C24H31F3N2O3. The van der Waals surface area contributed by atoms with Gasteiger partial charge in [0.25, 0.3) is 0 Å². The second-order valence-electron chi connectivity index (χ2n) is 9.36. The van der Waals surface area contributed by atoms with Crippen molar-refractivity contribution in [2.75, 3.05) is 39.4 Å². The molecule has 0 N–H and O–H groups in total. The summed E-state index contributed by atoms with van der Waals surface area (Å²) in [5, 5.41) is 0. The van der Waals surface area contributed by atoms with E-state index in [2.05, 4.69) is 0 Å². The lowest BCUT2D eigenvalue weighted by Crippen LogP contribution is -2.52. The van der Waals surface area contributed by atoms with Crippen LogP contribution in [0.5, 0.6) is 0 Å². The summed E-state index contributed by atoms with van der Waals surface area (Å²) in [4.78, 5) is 29.6. The van der Waals surface area contributed by atoms with E-state index in [0.717, 1.165) is 43.4 Å². The van der Waals surface area contributed by atoms with Gasteiger partial charge in [0.15, 0.2) is 0 Å². The third kappa shape index (κ3) is 5.45. The molecule has 8 heteroatoms. The van der Waals surface area contributed by atoms with Gasteiger partial charge in [-0.3, -0.25) is 4.79 Å². The molecule has 2 atom stereocenters. The number of morpholine rings is 1. The zero-order valence-electron chi connectivity index (χ0n) is 18.3. The van der Waals surface area contributed by atoms with Crippen molar-refractivity contribution in [3.8, 4) is 0 Å². The van der Waals surface area contributed by atoms with E-state index in [4.69, 9.17) is 4.74 Å². The normalized spacial score (nSPS) is 25.2. The summed E-state index contributed by atoms with van der Waals surface area (Å²) in [6.45, 7) is 3.05. The fourth-order valence-electron chi connectivity index (χ4n) is 5.35. The van der Waals surface area contributed by atoms with Crippen molar-refractivity contribution in [2.45, 2.75) is 50.6 Å². The topological polar surface area (TPSA) is 49.9 Å². The number of rotatable bonds is 4. The lowest BCUT2D eigenvalue weighted by atomic mass is 9.80. The molecule has 2 saturated heterocycles. The molecule has 0 radical (unpaired) electrons. The van der Waals surface area contributed by atoms with Crippen LogP contribution in [0.3, 0.4) is 0 Å². The maximum absolute atomic E-state index is 13.2. The number of likely N-dealkylation sites (tertiary alicyclic amines) is 1. The van der Waals surface area contributed by atoms with Crippen LogP contribution in [0.15, 0.2) is 24.3 Å². The summed E-state index contributed by atoms with van der Waals surface area (Å²) in [5.41, 5.74) is 0.113. The van der Waals surface area contributed by atoms with E-state index in [1.54, 1.807) is 9.80 Å². The van der Waals surface area contributed by atoms with Crippen molar-refractivity contribution in [3.05, 3.63) is 35.4 Å². The molecule has 3 aliphatic rings. The van der Waals surface area contributed by atoms with Crippen LogP contribution in [0.25, 0.3) is 0 Å². The lowest BCUT2D eigenvalue weighted by Gasteiger charge is -2.41. The first-order valence-corrected chi connectivity index (χ1v) is 11.6. The number of hydrogen-bond donors (Lipinski definition) is 0. The van der Waals surface area contributed by atoms with Crippen LogP contribution in [0.1, 0.15) is 55.6 Å². The van der Waals surface area contributed by atoms with E-state index in [9.17, 15) is 22.8 Å². The van der Waals surface area contributed by atoms with Gasteiger partial charge in [0, 0.05) is 44.4 Å². The summed E-state index contributed by atoms with van der Waals surface area (Å²) in [6.07, 6.45) is 0.855. The third-order valence-corrected chi connectivity index (χ3v) is 7.10. The van der Waals surface area contributed by atoms with Gasteiger partial charge in [-0.05, 0) is 42.9 Å². The van der Waals surface area contributed by atoms with E-state index in [1.165, 1.54) is 12.1 Å². The first-order valence-electron chi connectivity index (χ1n) is 11.6. The largest absolute Gasteiger partial charge is 0.416 e. The summed E-state index contributed by atoms with van der Waals surface area (Å²) in [6, 6.07) is 5.19. The number of ether oxygens (including phenoxy) is 1. The van der Waals surface area contributed by atoms with E-state index < -0.39 is 11.7 Å². The Kier molecular flexibility index (Phi) is 7.08. The van der Waals surface area contributed by atoms with Crippen molar-refractivity contribution in [2.24, 2.45) is 11.8 Å². The quantitative estimate of drug-likeness (QED) is 0.665. The number of urea groups is 1. The second-order valence-corrected chi connectivity index (χ2v) is 9.36. The molecule has 3 fully saturated rings. The molecule has 1 aromatic rings. The van der Waals surface area contributed by atoms with Gasteiger partial charge < -0.3 is 14.5 Å². The molecular weight excluding hydrogens is 421 g/mol. The van der Waals surface area contributed by atoms with Gasteiger partial charge in [0.1, 0.15) is 5.78 Å². The van der Waals surface area contributed by atoms with E-state index >= 15 is 0 Å². The van der Waals surface area contributed by atoms with E-state index in [-0.39, 0.29) is 29.6 Å². The van der Waals surface area contributed by atoms with Crippen LogP contribution in [0.4, 0.5) is 18.0 Å². The second kappa shape index (κ2) is 9.81. The van der Waals surface area contributed by atoms with Gasteiger partial charge in [0.05, 0.1) is 18.8 Å². The number of Topliss-reactive ketones (excluding diaryl/α,β-unsaturated/α-hetero) is 1. The Morgan fingerprint density at radius 3 is 2.25 bits per heavy atom. The van der Waals surface area contributed by atoms with Gasteiger partial charge >= 0.3 is 12.2 Å². The Bertz CT molecular complexity index is 800. The first-order chi connectivity index (χ1) is 15.3. The Morgan fingerprint density at radius 1 is 0.969 bits per heavy atom. The molecule has 2 heterocycles. The number of carbonyl (C=O) groups is 2. The van der Waals surface area contributed by atoms with Gasteiger partial charge in [0.2, 0.25) is 0 Å². The fourth-order valence-corrected chi connectivity index (χ4v) is 5.35. The monoisotopic (exact) mass is 452 g/mol. The van der Waals surface area contributed by atoms with Crippen LogP contribution in [-0.2, 0) is 15.7 Å². The van der Waals surface area contributed by atoms with Crippen molar-refractivity contribution in [1.29, 1.82) is 0 Å². The highest BCUT2D eigenvalue weighted by atomic mass is 19.4. The number of alkyl halides is 3. The van der Waals surface area contributed by atoms with Crippen LogP contribution in [0, 0.1) is 11.8 Å². The van der Waals surface area contributed by atoms with Crippen LogP contribution < -0.4 is 0 Å². The molecule has 0 spiro atoms. The highest BCUT2D eigenvalue weighted by Gasteiger charge is 2.36. The Hall–Kier alpha value is -2.09. The molecule has 1 aromatic carbocycles. The molecule has 2 amide bonds. The van der Waals surface area contributed by atoms with Crippen LogP contribution >= 0.6 is 0 Å². The summed E-state index contributed by atoms with van der Waals surface area (Å²) in [5.74, 6) is 0.343. The smallest absolute Gasteiger partial charge is 0.378 e. The summed E-state index contributed by atoms with van der Waals surface area (Å²) < 4.78 is 44.3. The molecule has 4 rings (SSSR count). The summed E-state index contributed by atoms with van der Waals surface area (Å²) >= 11 is 0. The van der Waals surface area contributed by atoms with Crippen molar-refractivity contribution >= 4 is 11.8 Å². The van der Waals surface area contributed by atoms with E-state index in [1.807, 2.05) is 0 Å². The molecule has 1 aliphatic carbocycles. The number of benzene rings is 1. The fraction of sp³-hybridized carbons (Fsp3) is 0.667. The van der Waals surface area contributed by atoms with Crippen LogP contribution in [0.2, 0.25) is 0 Å². The molecule has 0 aromatic heterocycles. The minimum Gasteiger partial charge on any atom is -0.378 e. The zero-order chi connectivity index (χ0) is 22.7. The number of carbonyl (C=O) groups excluding carboxylic acids is 2. The molecule has 5 nitrogen and oxygen atoms in total. The van der Waals surface area contributed by atoms with Gasteiger partial charge in [-0.1, -0.05) is 25.0 Å². The minimum atomic E-state index is -4.38. The highest BCUT2D eigenvalue weighted by molar-refractivity contribution is 5.81. The number of ketones is 1. The van der Waals surface area contributed by atoms with Gasteiger partial charge in [-0.2, -0.15) is 13.2 Å². The first kappa shape index (κ1) is 23.1. The standard InChI is InChI=1S/C24H31F3N2O3/c25-24(26,27)21-7-5-18(6-8-21)20-13-17(14-22(30)19-3-1-2-4-19)15-29(16-20)23(31)28-9-11-32-12-10-28/h5-8,17,19-20H,1-4,9-16H2. The molecule has 176 valence electrons. The predicted molar refractivity (Wildman–Crippen MR) is 113 cm³/mol. The lowest BCUT2D eigenvalue weighted by molar-refractivity contribution is -0.137. The molecule has 1 saturated carbocycles. The predicted octanol–water partition coefficient (Wildman–Crippen LogP) is 4.71. The number of piperidine rings is 1. The minimum absolute atomic E-state index is 0.0223. The summed E-state index contributed by atoms with van der Waals surface area (Å²) in [7, 11) is 0. The van der Waals surface area contributed by atoms with Crippen molar-refractivity contribution in [1.82, 2.24) is 9.80 Å². The highest BCUT2D eigenvalue weighted by Crippen LogP contribution is 2.36. The Morgan fingerprint density at radius 2 is 1.62 bits per heavy atom. The maximum Gasteiger partial charge on any atom is 0.416 e. The number of nitrogens with zero attached hydrogens (tertiary/aromatic N) is 2. The maximum atomic E-state index is 13.2. The average molecular weight is 453 g/mol.